The third kappa shape index (κ3) is 7.51. The number of nitrogens with two attached hydrogens (primary N) is 2. The van der Waals surface area contributed by atoms with Crippen LogP contribution in [-0.2, 0) is 0 Å². The number of hydrogen-bond acceptors (Lipinski definition) is 5. The molecule has 4 aliphatic carbocycles. The Balaban J connectivity index is 1.08. The van der Waals surface area contributed by atoms with Crippen molar-refractivity contribution < 1.29 is 0 Å². The molecule has 0 bridgehead atoms. The standard InChI is InChI=1S/C24H44N2S3/c25-17-1-5-19(6-2-17)27-21-9-13-23(14-10-21)29-24-15-11-22(12-16-24)28-20-7-3-18(26)4-8-20/h17-24H,1-16,25-26H2. The Labute approximate surface area is 192 Å². The van der Waals surface area contributed by atoms with Gasteiger partial charge in [0.15, 0.2) is 0 Å². The third-order valence-electron chi connectivity index (χ3n) is 7.83. The van der Waals surface area contributed by atoms with Crippen molar-refractivity contribution in [2.75, 3.05) is 0 Å². The predicted molar refractivity (Wildman–Crippen MR) is 135 cm³/mol. The molecule has 4 fully saturated rings. The molecule has 0 amide bonds. The lowest BCUT2D eigenvalue weighted by Gasteiger charge is -2.36. The van der Waals surface area contributed by atoms with Crippen LogP contribution in [0.4, 0.5) is 0 Å². The first-order valence-corrected chi connectivity index (χ1v) is 15.4. The molecular weight excluding hydrogens is 412 g/mol. The highest BCUT2D eigenvalue weighted by Gasteiger charge is 2.31. The minimum Gasteiger partial charge on any atom is -0.328 e. The minimum atomic E-state index is 0.494. The molecular formula is C24H44N2S3. The molecule has 0 saturated heterocycles. The highest BCUT2D eigenvalue weighted by molar-refractivity contribution is 8.01. The van der Waals surface area contributed by atoms with Crippen LogP contribution in [-0.4, -0.2) is 43.6 Å². The lowest BCUT2D eigenvalue weighted by molar-refractivity contribution is 0.446. The second-order valence-electron chi connectivity index (χ2n) is 10.3. The van der Waals surface area contributed by atoms with Crippen molar-refractivity contribution in [3.8, 4) is 0 Å². The molecule has 0 aromatic rings. The highest BCUT2D eigenvalue weighted by Crippen LogP contribution is 2.44. The van der Waals surface area contributed by atoms with Crippen LogP contribution in [0.5, 0.6) is 0 Å². The Kier molecular flexibility index (Phi) is 9.35. The van der Waals surface area contributed by atoms with E-state index in [9.17, 15) is 0 Å². The summed E-state index contributed by atoms with van der Waals surface area (Å²) >= 11 is 7.05. The topological polar surface area (TPSA) is 52.0 Å². The molecule has 4 rings (SSSR count). The van der Waals surface area contributed by atoms with Gasteiger partial charge in [-0.25, -0.2) is 0 Å². The molecule has 5 heteroatoms. The van der Waals surface area contributed by atoms with E-state index in [1.54, 1.807) is 0 Å². The molecule has 0 heterocycles. The lowest BCUT2D eigenvalue weighted by atomic mass is 9.96. The van der Waals surface area contributed by atoms with Crippen LogP contribution in [0.1, 0.15) is 103 Å². The first-order chi connectivity index (χ1) is 14.1. The van der Waals surface area contributed by atoms with E-state index in [1.165, 1.54) is 103 Å². The monoisotopic (exact) mass is 456 g/mol. The van der Waals surface area contributed by atoms with Gasteiger partial charge in [0.25, 0.3) is 0 Å². The van der Waals surface area contributed by atoms with E-state index in [1.807, 2.05) is 0 Å². The number of hydrogen-bond donors (Lipinski definition) is 2. The van der Waals surface area contributed by atoms with Crippen LogP contribution in [0.2, 0.25) is 0 Å². The predicted octanol–water partition coefficient (Wildman–Crippen LogP) is 6.35. The summed E-state index contributed by atoms with van der Waals surface area (Å²) in [4.78, 5) is 0. The summed E-state index contributed by atoms with van der Waals surface area (Å²) in [7, 11) is 0. The fourth-order valence-corrected chi connectivity index (χ4v) is 10.8. The van der Waals surface area contributed by atoms with Crippen LogP contribution in [0.3, 0.4) is 0 Å². The van der Waals surface area contributed by atoms with Gasteiger partial charge in [-0.3, -0.25) is 0 Å². The zero-order chi connectivity index (χ0) is 20.1. The first-order valence-electron chi connectivity index (χ1n) is 12.6. The van der Waals surface area contributed by atoms with Gasteiger partial charge in [0, 0.05) is 43.6 Å². The van der Waals surface area contributed by atoms with Crippen molar-refractivity contribution >= 4 is 35.3 Å². The summed E-state index contributed by atoms with van der Waals surface area (Å²) < 4.78 is 0. The number of thioether (sulfide) groups is 3. The zero-order valence-electron chi connectivity index (χ0n) is 18.3. The summed E-state index contributed by atoms with van der Waals surface area (Å²) in [5.74, 6) is 0. The van der Waals surface area contributed by atoms with Crippen LogP contribution in [0, 0.1) is 0 Å². The number of rotatable bonds is 6. The van der Waals surface area contributed by atoms with Crippen LogP contribution in [0.25, 0.3) is 0 Å². The second kappa shape index (κ2) is 11.7. The van der Waals surface area contributed by atoms with Gasteiger partial charge in [0.1, 0.15) is 0 Å². The minimum absolute atomic E-state index is 0.494. The molecule has 0 aliphatic heterocycles. The first kappa shape index (κ1) is 23.1. The largest absolute Gasteiger partial charge is 0.328 e. The Hall–Kier alpha value is 0.970. The quantitative estimate of drug-likeness (QED) is 0.488. The molecule has 0 unspecified atom stereocenters. The van der Waals surface area contributed by atoms with Crippen molar-refractivity contribution in [2.45, 2.75) is 146 Å². The van der Waals surface area contributed by atoms with E-state index in [-0.39, 0.29) is 0 Å². The molecule has 168 valence electrons. The Bertz CT molecular complexity index is 417. The normalized spacial score (nSPS) is 44.5. The van der Waals surface area contributed by atoms with Gasteiger partial charge in [-0.1, -0.05) is 0 Å². The van der Waals surface area contributed by atoms with E-state index < -0.39 is 0 Å². The Morgan fingerprint density at radius 3 is 0.690 bits per heavy atom. The Morgan fingerprint density at radius 2 is 0.483 bits per heavy atom. The van der Waals surface area contributed by atoms with Crippen LogP contribution < -0.4 is 11.5 Å². The molecule has 4 aliphatic rings. The van der Waals surface area contributed by atoms with Gasteiger partial charge in [-0.15, -0.1) is 0 Å². The van der Waals surface area contributed by atoms with Crippen molar-refractivity contribution in [2.24, 2.45) is 11.5 Å². The zero-order valence-corrected chi connectivity index (χ0v) is 20.8. The summed E-state index contributed by atoms with van der Waals surface area (Å²) in [5, 5.41) is 5.64. The Morgan fingerprint density at radius 1 is 0.310 bits per heavy atom. The van der Waals surface area contributed by atoms with E-state index in [0.29, 0.717) is 12.1 Å². The van der Waals surface area contributed by atoms with Gasteiger partial charge in [-0.2, -0.15) is 35.3 Å². The third-order valence-corrected chi connectivity index (χ3v) is 13.0. The summed E-state index contributed by atoms with van der Waals surface area (Å²) in [6.45, 7) is 0. The van der Waals surface area contributed by atoms with Crippen LogP contribution in [0.15, 0.2) is 0 Å². The maximum atomic E-state index is 6.08. The van der Waals surface area contributed by atoms with E-state index in [2.05, 4.69) is 35.3 Å². The van der Waals surface area contributed by atoms with Gasteiger partial charge < -0.3 is 11.5 Å². The highest BCUT2D eigenvalue weighted by atomic mass is 32.2. The van der Waals surface area contributed by atoms with Gasteiger partial charge in [0.05, 0.1) is 0 Å². The van der Waals surface area contributed by atoms with Crippen molar-refractivity contribution in [3.05, 3.63) is 0 Å². The molecule has 0 radical (unpaired) electrons. The van der Waals surface area contributed by atoms with Gasteiger partial charge in [0.2, 0.25) is 0 Å². The SMILES string of the molecule is NC1CCC(SC2CCC(SC3CCC(SC4CCC(N)CC4)CC3)CC2)CC1. The van der Waals surface area contributed by atoms with Gasteiger partial charge >= 0.3 is 0 Å². The van der Waals surface area contributed by atoms with Crippen molar-refractivity contribution in [1.82, 2.24) is 0 Å². The molecule has 29 heavy (non-hydrogen) atoms. The van der Waals surface area contributed by atoms with Crippen molar-refractivity contribution in [1.29, 1.82) is 0 Å². The van der Waals surface area contributed by atoms with E-state index in [0.717, 1.165) is 31.5 Å². The maximum absolute atomic E-state index is 6.08. The average molecular weight is 457 g/mol. The van der Waals surface area contributed by atoms with Gasteiger partial charge in [-0.05, 0) is 103 Å². The molecule has 4 saturated carbocycles. The molecule has 2 nitrogen and oxygen atoms in total. The summed E-state index contributed by atoms with van der Waals surface area (Å²) in [5.41, 5.74) is 12.2. The summed E-state index contributed by atoms with van der Waals surface area (Å²) in [6, 6.07) is 0.988. The van der Waals surface area contributed by atoms with E-state index >= 15 is 0 Å². The smallest absolute Gasteiger partial charge is 0.00509 e. The molecule has 0 spiro atoms. The fraction of sp³-hybridized carbons (Fsp3) is 1.00. The van der Waals surface area contributed by atoms with Crippen molar-refractivity contribution in [3.63, 3.8) is 0 Å². The fourth-order valence-electron chi connectivity index (χ4n) is 5.87. The second-order valence-corrected chi connectivity index (χ2v) is 15.1. The average Bonchev–Trinajstić information content (AvgIpc) is 2.74. The van der Waals surface area contributed by atoms with E-state index in [4.69, 9.17) is 11.5 Å². The molecule has 0 aromatic heterocycles. The maximum Gasteiger partial charge on any atom is 0.00509 e. The lowest BCUT2D eigenvalue weighted by Crippen LogP contribution is -2.30. The summed E-state index contributed by atoms with van der Waals surface area (Å²) in [6.07, 6.45) is 22.3. The van der Waals surface area contributed by atoms with Crippen LogP contribution >= 0.6 is 35.3 Å². The molecule has 4 N–H and O–H groups in total. The molecule has 0 atom stereocenters. The molecule has 0 aromatic carbocycles.